The fourth-order valence-corrected chi connectivity index (χ4v) is 5.55. The van der Waals surface area contributed by atoms with Crippen LogP contribution in [-0.2, 0) is 4.79 Å². The molecule has 1 aliphatic rings. The Hall–Kier alpha value is -2.48. The van der Waals surface area contributed by atoms with Crippen LogP contribution in [0.1, 0.15) is 28.8 Å². The van der Waals surface area contributed by atoms with Crippen LogP contribution < -0.4 is 16.0 Å². The zero-order valence-corrected chi connectivity index (χ0v) is 22.5. The number of amides is 2. The van der Waals surface area contributed by atoms with Crippen LogP contribution in [0.3, 0.4) is 0 Å². The summed E-state index contributed by atoms with van der Waals surface area (Å²) in [6, 6.07) is 14.9. The van der Waals surface area contributed by atoms with Gasteiger partial charge in [0.05, 0.1) is 10.6 Å². The SMILES string of the molecule is C=C(Nc1ccc(Cl)c(C(=O)Nc2cccc(NC(C)=O)n2)c1)C1C(c2cc(Cl)cc(Cl)c2)C1(Cl)Cl. The Morgan fingerprint density at radius 1 is 0.917 bits per heavy atom. The number of alkyl halides is 2. The van der Waals surface area contributed by atoms with Gasteiger partial charge in [-0.2, -0.15) is 0 Å². The molecule has 1 aromatic heterocycles. The number of anilines is 3. The van der Waals surface area contributed by atoms with Crippen molar-refractivity contribution >= 4 is 87.1 Å². The van der Waals surface area contributed by atoms with Crippen molar-refractivity contribution < 1.29 is 9.59 Å². The van der Waals surface area contributed by atoms with Gasteiger partial charge in [0, 0.05) is 40.2 Å². The molecule has 2 amide bonds. The van der Waals surface area contributed by atoms with Crippen LogP contribution in [0.15, 0.2) is 66.9 Å². The largest absolute Gasteiger partial charge is 0.359 e. The highest BCUT2D eigenvalue weighted by Gasteiger charge is 2.65. The van der Waals surface area contributed by atoms with Gasteiger partial charge in [-0.25, -0.2) is 4.98 Å². The first kappa shape index (κ1) is 26.6. The van der Waals surface area contributed by atoms with E-state index in [1.165, 1.54) is 6.92 Å². The second-order valence-electron chi connectivity index (χ2n) is 8.22. The number of hydrogen-bond acceptors (Lipinski definition) is 4. The molecular formula is C25H19Cl5N4O2. The van der Waals surface area contributed by atoms with Crippen LogP contribution >= 0.6 is 58.0 Å². The standard InChI is InChI=1S/C25H19Cl5N4O2/c1-12(22-23(25(22,29)30)14-8-15(26)10-16(27)9-14)31-17-6-7-19(28)18(11-17)24(36)34-21-5-3-4-20(33-21)32-13(2)35/h3-11,22-23,31H,1H2,2H3,(H2,32,33,34,35,36). The molecule has 1 fully saturated rings. The molecule has 1 aliphatic carbocycles. The fraction of sp³-hybridized carbons (Fsp3) is 0.160. The number of halogens is 5. The van der Waals surface area contributed by atoms with E-state index in [-0.39, 0.29) is 34.1 Å². The molecule has 0 spiro atoms. The maximum Gasteiger partial charge on any atom is 0.258 e. The molecule has 36 heavy (non-hydrogen) atoms. The normalized spacial score (nSPS) is 17.7. The number of aromatic nitrogens is 1. The Kier molecular flexibility index (Phi) is 7.74. The van der Waals surface area contributed by atoms with E-state index in [2.05, 4.69) is 27.5 Å². The topological polar surface area (TPSA) is 83.1 Å². The summed E-state index contributed by atoms with van der Waals surface area (Å²) >= 11 is 31.7. The molecule has 11 heteroatoms. The van der Waals surface area contributed by atoms with Crippen molar-refractivity contribution in [2.45, 2.75) is 17.2 Å². The van der Waals surface area contributed by atoms with Gasteiger partial charge in [0.15, 0.2) is 0 Å². The van der Waals surface area contributed by atoms with Crippen LogP contribution in [0.5, 0.6) is 0 Å². The van der Waals surface area contributed by atoms with Crippen molar-refractivity contribution in [2.75, 3.05) is 16.0 Å². The van der Waals surface area contributed by atoms with E-state index in [9.17, 15) is 9.59 Å². The Morgan fingerprint density at radius 3 is 2.19 bits per heavy atom. The fourth-order valence-electron chi connectivity index (χ4n) is 3.91. The summed E-state index contributed by atoms with van der Waals surface area (Å²) in [5, 5.41) is 9.62. The molecule has 2 atom stereocenters. The number of pyridine rings is 1. The van der Waals surface area contributed by atoms with Gasteiger partial charge >= 0.3 is 0 Å². The van der Waals surface area contributed by atoms with Gasteiger partial charge in [-0.1, -0.05) is 47.4 Å². The van der Waals surface area contributed by atoms with Crippen molar-refractivity contribution in [3.05, 3.63) is 93.1 Å². The Bertz CT molecular complexity index is 1360. The van der Waals surface area contributed by atoms with Crippen LogP contribution in [0.25, 0.3) is 0 Å². The smallest absolute Gasteiger partial charge is 0.258 e. The van der Waals surface area contributed by atoms with Crippen LogP contribution in [0, 0.1) is 5.92 Å². The molecule has 3 N–H and O–H groups in total. The number of rotatable bonds is 7. The van der Waals surface area contributed by atoms with Gasteiger partial charge < -0.3 is 16.0 Å². The lowest BCUT2D eigenvalue weighted by Gasteiger charge is -2.13. The first-order chi connectivity index (χ1) is 17.0. The molecule has 186 valence electrons. The highest BCUT2D eigenvalue weighted by atomic mass is 35.5. The van der Waals surface area contributed by atoms with E-state index in [0.717, 1.165) is 5.56 Å². The summed E-state index contributed by atoms with van der Waals surface area (Å²) in [5.74, 6) is -0.798. The Balaban J connectivity index is 1.49. The van der Waals surface area contributed by atoms with Gasteiger partial charge in [-0.15, -0.1) is 23.2 Å². The van der Waals surface area contributed by atoms with Crippen molar-refractivity contribution in [3.8, 4) is 0 Å². The highest BCUT2D eigenvalue weighted by Crippen LogP contribution is 2.67. The average Bonchev–Trinajstić information content (AvgIpc) is 3.36. The molecule has 4 rings (SSSR count). The van der Waals surface area contributed by atoms with Crippen molar-refractivity contribution in [3.63, 3.8) is 0 Å². The second-order valence-corrected chi connectivity index (χ2v) is 10.9. The molecule has 2 aromatic carbocycles. The highest BCUT2D eigenvalue weighted by molar-refractivity contribution is 6.52. The van der Waals surface area contributed by atoms with Gasteiger partial charge in [0.25, 0.3) is 5.91 Å². The van der Waals surface area contributed by atoms with Crippen molar-refractivity contribution in [1.82, 2.24) is 4.98 Å². The molecule has 0 aliphatic heterocycles. The first-order valence-corrected chi connectivity index (χ1v) is 12.5. The molecule has 0 radical (unpaired) electrons. The van der Waals surface area contributed by atoms with Gasteiger partial charge in [-0.3, -0.25) is 9.59 Å². The molecule has 1 heterocycles. The number of hydrogen-bond donors (Lipinski definition) is 3. The molecule has 6 nitrogen and oxygen atoms in total. The summed E-state index contributed by atoms with van der Waals surface area (Å²) in [4.78, 5) is 28.4. The quantitative estimate of drug-likeness (QED) is 0.248. The molecule has 3 aromatic rings. The van der Waals surface area contributed by atoms with Gasteiger partial charge in [-0.05, 0) is 54.1 Å². The minimum Gasteiger partial charge on any atom is -0.359 e. The second kappa shape index (κ2) is 10.5. The number of nitrogens with one attached hydrogen (secondary N) is 3. The van der Waals surface area contributed by atoms with Gasteiger partial charge in [0.2, 0.25) is 5.91 Å². The summed E-state index contributed by atoms with van der Waals surface area (Å²) in [6.45, 7) is 5.47. The third kappa shape index (κ3) is 5.90. The van der Waals surface area contributed by atoms with E-state index < -0.39 is 10.2 Å². The van der Waals surface area contributed by atoms with E-state index >= 15 is 0 Å². The molecule has 0 saturated heterocycles. The minimum absolute atomic E-state index is 0.207. The van der Waals surface area contributed by atoms with Crippen molar-refractivity contribution in [1.29, 1.82) is 0 Å². The lowest BCUT2D eigenvalue weighted by atomic mass is 10.1. The monoisotopic (exact) mass is 582 g/mol. The predicted octanol–water partition coefficient (Wildman–Crippen LogP) is 7.77. The summed E-state index contributed by atoms with van der Waals surface area (Å²) in [5.41, 5.74) is 2.13. The van der Waals surface area contributed by atoms with E-state index in [1.807, 2.05) is 0 Å². The molecular weight excluding hydrogens is 566 g/mol. The predicted molar refractivity (Wildman–Crippen MR) is 148 cm³/mol. The maximum atomic E-state index is 12.9. The van der Waals surface area contributed by atoms with Crippen LogP contribution in [-0.4, -0.2) is 21.1 Å². The zero-order chi connectivity index (χ0) is 26.2. The number of nitrogens with zero attached hydrogens (tertiary/aromatic N) is 1. The zero-order valence-electron chi connectivity index (χ0n) is 18.7. The molecule has 0 bridgehead atoms. The third-order valence-electron chi connectivity index (χ3n) is 5.48. The minimum atomic E-state index is -1.10. The summed E-state index contributed by atoms with van der Waals surface area (Å²) < 4.78 is -1.10. The first-order valence-electron chi connectivity index (χ1n) is 10.6. The maximum absolute atomic E-state index is 12.9. The van der Waals surface area contributed by atoms with E-state index in [0.29, 0.717) is 27.2 Å². The lowest BCUT2D eigenvalue weighted by molar-refractivity contribution is -0.114. The Labute approximate surface area is 232 Å². The third-order valence-corrected chi connectivity index (χ3v) is 7.19. The number of carbonyl (C=O) groups is 2. The number of allylic oxidation sites excluding steroid dienone is 1. The lowest BCUT2D eigenvalue weighted by Crippen LogP contribution is -2.15. The number of carbonyl (C=O) groups excluding carboxylic acids is 2. The van der Waals surface area contributed by atoms with Gasteiger partial charge in [0.1, 0.15) is 16.0 Å². The van der Waals surface area contributed by atoms with Crippen LogP contribution in [0.4, 0.5) is 17.3 Å². The van der Waals surface area contributed by atoms with Crippen LogP contribution in [0.2, 0.25) is 15.1 Å². The van der Waals surface area contributed by atoms with E-state index in [4.69, 9.17) is 58.0 Å². The summed E-state index contributed by atoms with van der Waals surface area (Å²) in [7, 11) is 0. The summed E-state index contributed by atoms with van der Waals surface area (Å²) in [6.07, 6.45) is 0. The Morgan fingerprint density at radius 2 is 1.56 bits per heavy atom. The number of benzene rings is 2. The molecule has 1 saturated carbocycles. The van der Waals surface area contributed by atoms with Crippen molar-refractivity contribution in [2.24, 2.45) is 5.92 Å². The van der Waals surface area contributed by atoms with E-state index in [1.54, 1.807) is 54.6 Å². The average molecular weight is 585 g/mol. The molecule has 2 unspecified atom stereocenters.